The monoisotopic (exact) mass is 412 g/mol. The molecule has 0 radical (unpaired) electrons. The van der Waals surface area contributed by atoms with Crippen LogP contribution < -0.4 is 0 Å². The molecule has 0 aliphatic heterocycles. The summed E-state index contributed by atoms with van der Waals surface area (Å²) in [6.45, 7) is 4.32. The lowest BCUT2D eigenvalue weighted by Crippen LogP contribution is -2.00. The number of rotatable bonds is 6. The van der Waals surface area contributed by atoms with Gasteiger partial charge in [0.1, 0.15) is 0 Å². The van der Waals surface area contributed by atoms with Crippen LogP contribution in [0.25, 0.3) is 17.1 Å². The molecule has 0 aliphatic carbocycles. The Kier molecular flexibility index (Phi) is 5.40. The van der Waals surface area contributed by atoms with Crippen molar-refractivity contribution in [2.75, 3.05) is 0 Å². The van der Waals surface area contributed by atoms with Gasteiger partial charge in [0.25, 0.3) is 0 Å². The maximum atomic E-state index is 6.02. The molecule has 0 saturated heterocycles. The van der Waals surface area contributed by atoms with E-state index in [9.17, 15) is 0 Å². The fourth-order valence-electron chi connectivity index (χ4n) is 2.62. The Labute approximate surface area is 171 Å². The second kappa shape index (κ2) is 8.12. The van der Waals surface area contributed by atoms with Crippen molar-refractivity contribution in [3.8, 4) is 17.1 Å². The van der Waals surface area contributed by atoms with Gasteiger partial charge in [0.05, 0.1) is 11.4 Å². The van der Waals surface area contributed by atoms with Gasteiger partial charge in [-0.3, -0.25) is 0 Å². The highest BCUT2D eigenvalue weighted by Gasteiger charge is 2.14. The van der Waals surface area contributed by atoms with Crippen molar-refractivity contribution in [2.24, 2.45) is 0 Å². The summed E-state index contributed by atoms with van der Waals surface area (Å²) in [7, 11) is 0. The summed E-state index contributed by atoms with van der Waals surface area (Å²) in [6.07, 6.45) is 0. The zero-order valence-corrected chi connectivity index (χ0v) is 16.9. The minimum Gasteiger partial charge on any atom is -0.338 e. The maximum absolute atomic E-state index is 6.02. The highest BCUT2D eigenvalue weighted by Crippen LogP contribution is 2.25. The molecular formula is C19H17ClN6OS. The smallest absolute Gasteiger partial charge is 0.237 e. The summed E-state index contributed by atoms with van der Waals surface area (Å²) in [5, 5.41) is 17.3. The van der Waals surface area contributed by atoms with E-state index in [0.717, 1.165) is 11.3 Å². The molecule has 142 valence electrons. The molecule has 0 bridgehead atoms. The van der Waals surface area contributed by atoms with Crippen LogP contribution in [-0.2, 0) is 5.75 Å². The maximum Gasteiger partial charge on any atom is 0.237 e. The van der Waals surface area contributed by atoms with Gasteiger partial charge in [-0.25, -0.2) is 0 Å². The molecular weight excluding hydrogens is 396 g/mol. The minimum absolute atomic E-state index is 0.456. The molecule has 0 amide bonds. The fourth-order valence-corrected chi connectivity index (χ4v) is 3.53. The largest absolute Gasteiger partial charge is 0.338 e. The first-order valence-corrected chi connectivity index (χ1v) is 10.1. The van der Waals surface area contributed by atoms with Crippen molar-refractivity contribution in [1.82, 2.24) is 30.3 Å². The third kappa shape index (κ3) is 4.07. The molecule has 4 aromatic rings. The van der Waals surface area contributed by atoms with Crippen LogP contribution >= 0.6 is 23.4 Å². The second-order valence-corrected chi connectivity index (χ2v) is 7.81. The molecule has 0 atom stereocenters. The highest BCUT2D eigenvalue weighted by atomic mass is 35.5. The molecule has 4 rings (SSSR count). The van der Waals surface area contributed by atoms with Gasteiger partial charge in [-0.1, -0.05) is 66.6 Å². The number of nitrogens with zero attached hydrogens (tertiary/aromatic N) is 6. The van der Waals surface area contributed by atoms with Crippen LogP contribution in [0.2, 0.25) is 5.02 Å². The molecule has 0 unspecified atom stereocenters. The summed E-state index contributed by atoms with van der Waals surface area (Å²) < 4.78 is 7.04. The summed E-state index contributed by atoms with van der Waals surface area (Å²) in [5.41, 5.74) is 2.98. The Hall–Kier alpha value is -2.71. The molecule has 2 aromatic carbocycles. The predicted molar refractivity (Wildman–Crippen MR) is 108 cm³/mol. The molecule has 0 spiro atoms. The van der Waals surface area contributed by atoms with Crippen molar-refractivity contribution < 1.29 is 4.52 Å². The van der Waals surface area contributed by atoms with Gasteiger partial charge in [0, 0.05) is 10.6 Å². The Balaban J connectivity index is 1.47. The van der Waals surface area contributed by atoms with Crippen molar-refractivity contribution >= 4 is 23.4 Å². The predicted octanol–water partition coefficient (Wildman–Crippen LogP) is 4.78. The van der Waals surface area contributed by atoms with Crippen LogP contribution in [0.1, 0.15) is 31.2 Å². The van der Waals surface area contributed by atoms with Crippen LogP contribution in [0.4, 0.5) is 0 Å². The zero-order valence-electron chi connectivity index (χ0n) is 15.3. The Morgan fingerprint density at radius 2 is 1.96 bits per heavy atom. The van der Waals surface area contributed by atoms with Gasteiger partial charge in [-0.15, -0.1) is 5.10 Å². The molecule has 9 heteroatoms. The molecule has 28 heavy (non-hydrogen) atoms. The van der Waals surface area contributed by atoms with Gasteiger partial charge in [0.15, 0.2) is 0 Å². The van der Waals surface area contributed by atoms with Crippen molar-refractivity contribution in [3.05, 3.63) is 65.0 Å². The van der Waals surface area contributed by atoms with Crippen LogP contribution in [0.5, 0.6) is 0 Å². The zero-order chi connectivity index (χ0) is 19.5. The van der Waals surface area contributed by atoms with Crippen LogP contribution in [-0.4, -0.2) is 30.3 Å². The molecule has 0 aliphatic rings. The van der Waals surface area contributed by atoms with Crippen molar-refractivity contribution in [2.45, 2.75) is 30.7 Å². The van der Waals surface area contributed by atoms with Gasteiger partial charge in [-0.05, 0) is 46.2 Å². The lowest BCUT2D eigenvalue weighted by atomic mass is 10.0. The first-order valence-electron chi connectivity index (χ1n) is 8.70. The van der Waals surface area contributed by atoms with Crippen molar-refractivity contribution in [3.63, 3.8) is 0 Å². The van der Waals surface area contributed by atoms with Crippen molar-refractivity contribution in [1.29, 1.82) is 0 Å². The third-order valence-corrected chi connectivity index (χ3v) is 5.26. The first kappa shape index (κ1) is 18.6. The summed E-state index contributed by atoms with van der Waals surface area (Å²) >= 11 is 7.45. The first-order chi connectivity index (χ1) is 13.6. The van der Waals surface area contributed by atoms with E-state index in [1.165, 1.54) is 17.3 Å². The van der Waals surface area contributed by atoms with Crippen LogP contribution in [0, 0.1) is 0 Å². The molecule has 7 nitrogen and oxygen atoms in total. The number of hydrogen-bond acceptors (Lipinski definition) is 7. The van der Waals surface area contributed by atoms with Gasteiger partial charge in [-0.2, -0.15) is 9.67 Å². The fraction of sp³-hybridized carbons (Fsp3) is 0.211. The van der Waals surface area contributed by atoms with Crippen LogP contribution in [0.3, 0.4) is 0 Å². The average Bonchev–Trinajstić information content (AvgIpc) is 3.36. The van der Waals surface area contributed by atoms with E-state index in [-0.39, 0.29) is 0 Å². The molecule has 2 aromatic heterocycles. The van der Waals surface area contributed by atoms with E-state index < -0.39 is 0 Å². The van der Waals surface area contributed by atoms with E-state index in [1.807, 2.05) is 24.3 Å². The molecule has 0 saturated carbocycles. The molecule has 0 fully saturated rings. The number of hydrogen-bond donors (Lipinski definition) is 0. The van der Waals surface area contributed by atoms with E-state index in [0.29, 0.717) is 33.6 Å². The molecule has 0 N–H and O–H groups in total. The number of benzene rings is 2. The van der Waals surface area contributed by atoms with E-state index in [1.54, 1.807) is 16.8 Å². The van der Waals surface area contributed by atoms with Crippen LogP contribution in [0.15, 0.2) is 58.2 Å². The number of halogens is 1. The highest BCUT2D eigenvalue weighted by molar-refractivity contribution is 7.98. The number of tetrazole rings is 1. The van der Waals surface area contributed by atoms with Gasteiger partial charge >= 0.3 is 0 Å². The summed E-state index contributed by atoms with van der Waals surface area (Å²) in [6, 6.07) is 15.5. The minimum atomic E-state index is 0.456. The number of thioether (sulfide) groups is 1. The lowest BCUT2D eigenvalue weighted by molar-refractivity contribution is 0.391. The summed E-state index contributed by atoms with van der Waals surface area (Å²) in [5.74, 6) is 1.92. The van der Waals surface area contributed by atoms with E-state index >= 15 is 0 Å². The lowest BCUT2D eigenvalue weighted by Gasteiger charge is -2.07. The van der Waals surface area contributed by atoms with Gasteiger partial charge in [0.2, 0.25) is 16.9 Å². The second-order valence-electron chi connectivity index (χ2n) is 6.43. The summed E-state index contributed by atoms with van der Waals surface area (Å²) in [4.78, 5) is 4.42. The van der Waals surface area contributed by atoms with E-state index in [2.05, 4.69) is 51.6 Å². The quantitative estimate of drug-likeness (QED) is 0.421. The normalized spacial score (nSPS) is 11.3. The third-order valence-electron chi connectivity index (χ3n) is 4.12. The average molecular weight is 413 g/mol. The Morgan fingerprint density at radius 1 is 1.14 bits per heavy atom. The van der Waals surface area contributed by atoms with Gasteiger partial charge < -0.3 is 4.52 Å². The van der Waals surface area contributed by atoms with E-state index in [4.69, 9.17) is 16.1 Å². The number of aromatic nitrogens is 6. The topological polar surface area (TPSA) is 82.5 Å². The SMILES string of the molecule is CC(C)c1ccc(-n2nnnc2SCc2nc(-c3cccc(Cl)c3)no2)cc1. The molecule has 2 heterocycles. The Morgan fingerprint density at radius 3 is 2.71 bits per heavy atom. The standard InChI is InChI=1S/C19H17ClN6OS/c1-12(2)13-6-8-16(9-7-13)26-19(22-24-25-26)28-11-17-21-18(23-27-17)14-4-3-5-15(20)10-14/h3-10,12H,11H2,1-2H3. The Bertz CT molecular complexity index is 1080.